The van der Waals surface area contributed by atoms with Crippen LogP contribution in [0.25, 0.3) is 0 Å². The number of allylic oxidation sites excluding steroid dienone is 6. The van der Waals surface area contributed by atoms with Crippen LogP contribution in [0.2, 0.25) is 0 Å². The Hall–Kier alpha value is -1.48. The molecule has 3 heteroatoms. The molecule has 0 atom stereocenters. The minimum atomic E-state index is -1.59. The normalized spacial score (nSPS) is 19.1. The van der Waals surface area contributed by atoms with E-state index >= 15 is 0 Å². The Kier molecular flexibility index (Phi) is 2.64. The maximum absolute atomic E-state index is 9.85. The van der Waals surface area contributed by atoms with E-state index in [2.05, 4.69) is 0 Å². The van der Waals surface area contributed by atoms with E-state index in [4.69, 9.17) is 9.47 Å². The summed E-state index contributed by atoms with van der Waals surface area (Å²) < 4.78 is 10.6. The highest BCUT2D eigenvalue weighted by Crippen LogP contribution is 2.24. The average molecular weight is 206 g/mol. The van der Waals surface area contributed by atoms with Crippen LogP contribution in [-0.4, -0.2) is 11.1 Å². The monoisotopic (exact) mass is 206 g/mol. The van der Waals surface area contributed by atoms with Crippen LogP contribution in [0, 0.1) is 0 Å². The summed E-state index contributed by atoms with van der Waals surface area (Å²) in [6, 6.07) is 0. The van der Waals surface area contributed by atoms with Crippen molar-refractivity contribution in [2.75, 3.05) is 0 Å². The van der Waals surface area contributed by atoms with Gasteiger partial charge in [0, 0.05) is 19.8 Å². The second-order valence-corrected chi connectivity index (χ2v) is 3.63. The van der Waals surface area contributed by atoms with Gasteiger partial charge in [-0.15, -0.1) is 0 Å². The molecule has 2 rings (SSSR count). The van der Waals surface area contributed by atoms with Gasteiger partial charge in [-0.05, 0) is 12.2 Å². The van der Waals surface area contributed by atoms with Crippen molar-refractivity contribution in [2.24, 2.45) is 0 Å². The summed E-state index contributed by atoms with van der Waals surface area (Å²) in [5.74, 6) is -0.159. The Morgan fingerprint density at radius 3 is 1.87 bits per heavy atom. The third-order valence-electron chi connectivity index (χ3n) is 2.12. The molecule has 0 aliphatic heterocycles. The number of hydrogen-bond donors (Lipinski definition) is 1. The molecule has 0 amide bonds. The van der Waals surface area contributed by atoms with Crippen LogP contribution in [0.15, 0.2) is 48.0 Å². The van der Waals surface area contributed by atoms with Crippen molar-refractivity contribution in [1.29, 1.82) is 0 Å². The van der Waals surface area contributed by atoms with Crippen LogP contribution < -0.4 is 0 Å². The molecule has 80 valence electrons. The standard InChI is InChI=1S/C12H14O3/c1-12(13,14-10-6-2-3-7-10)15-11-8-4-5-9-11/h2-6,8,13H,7,9H2,1H3. The van der Waals surface area contributed by atoms with Crippen LogP contribution in [-0.2, 0) is 9.47 Å². The Balaban J connectivity index is 1.88. The molecule has 3 nitrogen and oxygen atoms in total. The van der Waals surface area contributed by atoms with Crippen LogP contribution in [0.5, 0.6) is 0 Å². The summed E-state index contributed by atoms with van der Waals surface area (Å²) in [4.78, 5) is 0. The fraction of sp³-hybridized carbons (Fsp3) is 0.333. The number of rotatable bonds is 4. The van der Waals surface area contributed by atoms with Crippen molar-refractivity contribution in [3.63, 3.8) is 0 Å². The molecule has 0 saturated heterocycles. The Bertz CT molecular complexity index is 325. The Morgan fingerprint density at radius 2 is 1.53 bits per heavy atom. The van der Waals surface area contributed by atoms with Crippen molar-refractivity contribution in [3.8, 4) is 0 Å². The molecule has 0 radical (unpaired) electrons. The molecule has 0 aromatic carbocycles. The molecule has 1 N–H and O–H groups in total. The van der Waals surface area contributed by atoms with E-state index in [9.17, 15) is 5.11 Å². The zero-order valence-corrected chi connectivity index (χ0v) is 8.64. The summed E-state index contributed by atoms with van der Waals surface area (Å²) in [7, 11) is 0. The van der Waals surface area contributed by atoms with E-state index in [-0.39, 0.29) is 0 Å². The molecule has 0 unspecified atom stereocenters. The van der Waals surface area contributed by atoms with E-state index in [1.807, 2.05) is 36.5 Å². The van der Waals surface area contributed by atoms with Crippen LogP contribution in [0.1, 0.15) is 19.8 Å². The minimum absolute atomic E-state index is 0.705. The molecule has 0 fully saturated rings. The Morgan fingerprint density at radius 1 is 1.07 bits per heavy atom. The van der Waals surface area contributed by atoms with Gasteiger partial charge < -0.3 is 14.6 Å². The van der Waals surface area contributed by atoms with E-state index in [0.717, 1.165) is 0 Å². The van der Waals surface area contributed by atoms with E-state index in [1.165, 1.54) is 6.92 Å². The Labute approximate surface area is 89.0 Å². The topological polar surface area (TPSA) is 38.7 Å². The van der Waals surface area contributed by atoms with Crippen molar-refractivity contribution in [3.05, 3.63) is 48.0 Å². The second-order valence-electron chi connectivity index (χ2n) is 3.63. The summed E-state index contributed by atoms with van der Waals surface area (Å²) in [5, 5.41) is 9.85. The first-order valence-electron chi connectivity index (χ1n) is 4.97. The van der Waals surface area contributed by atoms with Crippen molar-refractivity contribution in [2.45, 2.75) is 25.7 Å². The fourth-order valence-electron chi connectivity index (χ4n) is 1.51. The third kappa shape index (κ3) is 2.73. The molecule has 0 spiro atoms. The molecule has 0 aromatic rings. The summed E-state index contributed by atoms with van der Waals surface area (Å²) in [5.41, 5.74) is 0. The van der Waals surface area contributed by atoms with Gasteiger partial charge in [-0.3, -0.25) is 0 Å². The first-order chi connectivity index (χ1) is 7.16. The predicted octanol–water partition coefficient (Wildman–Crippen LogP) is 2.37. The van der Waals surface area contributed by atoms with Gasteiger partial charge in [0.25, 0.3) is 0 Å². The summed E-state index contributed by atoms with van der Waals surface area (Å²) in [6.45, 7) is 1.49. The highest BCUT2D eigenvalue weighted by Gasteiger charge is 2.27. The lowest BCUT2D eigenvalue weighted by Gasteiger charge is -2.26. The van der Waals surface area contributed by atoms with Gasteiger partial charge in [0.1, 0.15) is 11.5 Å². The van der Waals surface area contributed by atoms with E-state index in [0.29, 0.717) is 24.4 Å². The van der Waals surface area contributed by atoms with Gasteiger partial charge in [-0.25, -0.2) is 0 Å². The van der Waals surface area contributed by atoms with Crippen molar-refractivity contribution >= 4 is 0 Å². The zero-order chi connectivity index (χ0) is 10.7. The highest BCUT2D eigenvalue weighted by molar-refractivity contribution is 5.20. The molecule has 2 aliphatic rings. The maximum atomic E-state index is 9.85. The zero-order valence-electron chi connectivity index (χ0n) is 8.64. The molecule has 0 aromatic heterocycles. The van der Waals surface area contributed by atoms with Crippen LogP contribution in [0.3, 0.4) is 0 Å². The lowest BCUT2D eigenvalue weighted by molar-refractivity contribution is -0.316. The molecular weight excluding hydrogens is 192 g/mol. The predicted molar refractivity (Wildman–Crippen MR) is 56.5 cm³/mol. The largest absolute Gasteiger partial charge is 0.434 e. The molecule has 0 heterocycles. The molecular formula is C12H14O3. The molecule has 0 bridgehead atoms. The quantitative estimate of drug-likeness (QED) is 0.718. The van der Waals surface area contributed by atoms with Gasteiger partial charge in [0.15, 0.2) is 0 Å². The number of ether oxygens (including phenoxy) is 2. The SMILES string of the molecule is CC(O)(OC1=CC=CC1)OC1=CC=CC1. The van der Waals surface area contributed by atoms with Gasteiger partial charge in [0.05, 0.1) is 0 Å². The first kappa shape index (κ1) is 10.1. The number of aliphatic hydroxyl groups is 1. The third-order valence-corrected chi connectivity index (χ3v) is 2.12. The lowest BCUT2D eigenvalue weighted by Crippen LogP contribution is -2.31. The first-order valence-corrected chi connectivity index (χ1v) is 4.97. The van der Waals surface area contributed by atoms with Crippen molar-refractivity contribution in [1.82, 2.24) is 0 Å². The van der Waals surface area contributed by atoms with Gasteiger partial charge in [0.2, 0.25) is 0 Å². The van der Waals surface area contributed by atoms with Crippen molar-refractivity contribution < 1.29 is 14.6 Å². The summed E-state index contributed by atoms with van der Waals surface area (Å²) in [6.07, 6.45) is 12.7. The van der Waals surface area contributed by atoms with E-state index < -0.39 is 5.97 Å². The molecule has 0 saturated carbocycles. The number of hydrogen-bond acceptors (Lipinski definition) is 3. The van der Waals surface area contributed by atoms with Gasteiger partial charge in [-0.2, -0.15) is 0 Å². The highest BCUT2D eigenvalue weighted by atomic mass is 16.8. The molecule has 2 aliphatic carbocycles. The second kappa shape index (κ2) is 3.95. The van der Waals surface area contributed by atoms with Crippen LogP contribution >= 0.6 is 0 Å². The summed E-state index contributed by atoms with van der Waals surface area (Å²) >= 11 is 0. The van der Waals surface area contributed by atoms with Gasteiger partial charge >= 0.3 is 5.97 Å². The lowest BCUT2D eigenvalue weighted by atomic mass is 10.4. The average Bonchev–Trinajstić information content (AvgIpc) is 2.75. The van der Waals surface area contributed by atoms with E-state index in [1.54, 1.807) is 0 Å². The fourth-order valence-corrected chi connectivity index (χ4v) is 1.51. The maximum Gasteiger partial charge on any atom is 0.365 e. The van der Waals surface area contributed by atoms with Crippen LogP contribution in [0.4, 0.5) is 0 Å². The molecule has 15 heavy (non-hydrogen) atoms. The smallest absolute Gasteiger partial charge is 0.365 e. The minimum Gasteiger partial charge on any atom is -0.434 e. The van der Waals surface area contributed by atoms with Gasteiger partial charge in [-0.1, -0.05) is 24.3 Å².